The zero-order chi connectivity index (χ0) is 19.1. The number of hydrogen-bond acceptors (Lipinski definition) is 2. The van der Waals surface area contributed by atoms with Crippen LogP contribution >= 0.6 is 0 Å². The molecule has 28 heavy (non-hydrogen) atoms. The van der Waals surface area contributed by atoms with Crippen molar-refractivity contribution in [2.24, 2.45) is 0 Å². The zero-order valence-corrected chi connectivity index (χ0v) is 15.3. The molecule has 5 rings (SSSR count). The summed E-state index contributed by atoms with van der Waals surface area (Å²) in [5.41, 5.74) is 2.39. The lowest BCUT2D eigenvalue weighted by Gasteiger charge is -2.23. The molecular formula is C24H20N2O2. The third-order valence-electron chi connectivity index (χ3n) is 5.59. The molecule has 0 radical (unpaired) electrons. The summed E-state index contributed by atoms with van der Waals surface area (Å²) in [6.07, 6.45) is 2.48. The number of carbonyl (C=O) groups is 1. The van der Waals surface area contributed by atoms with Crippen molar-refractivity contribution in [2.45, 2.75) is 12.0 Å². The van der Waals surface area contributed by atoms with Crippen LogP contribution in [0.1, 0.15) is 16.7 Å². The van der Waals surface area contributed by atoms with Crippen LogP contribution in [0.25, 0.3) is 10.9 Å². The number of amides is 1. The number of carbonyl (C=O) groups excluding carboxylic acids is 1. The number of aromatic amines is 1. The predicted octanol–water partition coefficient (Wildman–Crippen LogP) is 3.99. The summed E-state index contributed by atoms with van der Waals surface area (Å²) >= 11 is 0. The second-order valence-corrected chi connectivity index (χ2v) is 7.17. The van der Waals surface area contributed by atoms with Gasteiger partial charge < -0.3 is 15.0 Å². The quantitative estimate of drug-likeness (QED) is 0.572. The first-order valence-corrected chi connectivity index (χ1v) is 9.44. The molecule has 2 heterocycles. The Kier molecular flexibility index (Phi) is 3.81. The number of hydrogen-bond donors (Lipinski definition) is 2. The van der Waals surface area contributed by atoms with Crippen LogP contribution in [0.15, 0.2) is 85.1 Å². The number of rotatable bonds is 4. The molecule has 1 amide bonds. The van der Waals surface area contributed by atoms with E-state index in [0.717, 1.165) is 28.6 Å². The number of anilines is 1. The Morgan fingerprint density at radius 2 is 1.57 bits per heavy atom. The van der Waals surface area contributed by atoms with Gasteiger partial charge in [0, 0.05) is 34.8 Å². The smallest absolute Gasteiger partial charge is 0.268 e. The van der Waals surface area contributed by atoms with Gasteiger partial charge in [-0.25, -0.2) is 0 Å². The van der Waals surface area contributed by atoms with E-state index in [-0.39, 0.29) is 5.91 Å². The number of para-hydroxylation sites is 2. The van der Waals surface area contributed by atoms with Crippen molar-refractivity contribution in [3.8, 4) is 0 Å². The topological polar surface area (TPSA) is 56.3 Å². The second-order valence-electron chi connectivity index (χ2n) is 7.17. The summed E-state index contributed by atoms with van der Waals surface area (Å²) in [5.74, 6) is -0.297. The van der Waals surface area contributed by atoms with Crippen molar-refractivity contribution >= 4 is 22.5 Å². The van der Waals surface area contributed by atoms with Crippen molar-refractivity contribution in [1.29, 1.82) is 0 Å². The van der Waals surface area contributed by atoms with Crippen LogP contribution in [0, 0.1) is 0 Å². The molecule has 0 saturated carbocycles. The SMILES string of the molecule is O=C1N(CCc2ccccc2)c2ccccc2[C@]1(O)c1c[nH]c2ccccc12. The monoisotopic (exact) mass is 368 g/mol. The van der Waals surface area contributed by atoms with Crippen molar-refractivity contribution in [1.82, 2.24) is 4.98 Å². The normalized spacial score (nSPS) is 18.6. The van der Waals surface area contributed by atoms with Gasteiger partial charge in [-0.1, -0.05) is 66.7 Å². The molecule has 1 aromatic heterocycles. The van der Waals surface area contributed by atoms with Crippen LogP contribution in [0.3, 0.4) is 0 Å². The number of benzene rings is 3. The highest BCUT2D eigenvalue weighted by molar-refractivity contribution is 6.11. The van der Waals surface area contributed by atoms with E-state index in [1.165, 1.54) is 0 Å². The highest BCUT2D eigenvalue weighted by atomic mass is 16.3. The molecule has 138 valence electrons. The summed E-state index contributed by atoms with van der Waals surface area (Å²) in [4.78, 5) is 18.4. The zero-order valence-electron chi connectivity index (χ0n) is 15.3. The number of aliphatic hydroxyl groups is 1. The van der Waals surface area contributed by atoms with Gasteiger partial charge in [0.2, 0.25) is 0 Å². The molecule has 1 aliphatic rings. The number of aromatic nitrogens is 1. The lowest BCUT2D eigenvalue weighted by Crippen LogP contribution is -2.41. The number of H-pyrrole nitrogens is 1. The molecule has 4 heteroatoms. The van der Waals surface area contributed by atoms with Gasteiger partial charge in [-0.2, -0.15) is 0 Å². The number of nitrogens with one attached hydrogen (secondary N) is 1. The maximum atomic E-state index is 13.5. The first-order valence-electron chi connectivity index (χ1n) is 9.44. The average Bonchev–Trinajstić information content (AvgIpc) is 3.27. The number of fused-ring (bicyclic) bond motifs is 2. The Morgan fingerprint density at radius 3 is 2.43 bits per heavy atom. The van der Waals surface area contributed by atoms with Gasteiger partial charge in [0.15, 0.2) is 5.60 Å². The molecular weight excluding hydrogens is 348 g/mol. The summed E-state index contributed by atoms with van der Waals surface area (Å²) in [7, 11) is 0. The highest BCUT2D eigenvalue weighted by Crippen LogP contribution is 2.46. The van der Waals surface area contributed by atoms with E-state index in [1.54, 1.807) is 11.1 Å². The third-order valence-corrected chi connectivity index (χ3v) is 5.59. The maximum absolute atomic E-state index is 13.5. The van der Waals surface area contributed by atoms with Crippen molar-refractivity contribution in [2.75, 3.05) is 11.4 Å². The highest BCUT2D eigenvalue weighted by Gasteiger charge is 2.51. The standard InChI is InChI=1S/C24H20N2O2/c27-23-24(28,20-16-25-21-12-6-4-10-18(20)21)19-11-5-7-13-22(19)26(23)15-14-17-8-2-1-3-9-17/h1-13,16,25,28H,14-15H2/t24-/m0/s1. The molecule has 0 aliphatic carbocycles. The Morgan fingerprint density at radius 1 is 0.857 bits per heavy atom. The largest absolute Gasteiger partial charge is 0.372 e. The Balaban J connectivity index is 1.59. The van der Waals surface area contributed by atoms with E-state index >= 15 is 0 Å². The van der Waals surface area contributed by atoms with Crippen LogP contribution in [0.5, 0.6) is 0 Å². The Bertz CT molecular complexity index is 1170. The van der Waals surface area contributed by atoms with Crippen molar-refractivity contribution in [3.63, 3.8) is 0 Å². The fourth-order valence-electron chi connectivity index (χ4n) is 4.17. The lowest BCUT2D eigenvalue weighted by molar-refractivity contribution is -0.132. The van der Waals surface area contributed by atoms with Crippen molar-refractivity contribution < 1.29 is 9.90 Å². The maximum Gasteiger partial charge on any atom is 0.268 e. The summed E-state index contributed by atoms with van der Waals surface area (Å²) in [5, 5.41) is 12.6. The van der Waals surface area contributed by atoms with Gasteiger partial charge in [0.1, 0.15) is 0 Å². The number of nitrogens with zero attached hydrogens (tertiary/aromatic N) is 1. The lowest BCUT2D eigenvalue weighted by atomic mass is 9.87. The van der Waals surface area contributed by atoms with E-state index in [9.17, 15) is 9.90 Å². The minimum atomic E-state index is -1.69. The van der Waals surface area contributed by atoms with Gasteiger partial charge in [-0.3, -0.25) is 4.79 Å². The molecule has 0 spiro atoms. The molecule has 0 fully saturated rings. The van der Waals surface area contributed by atoms with Gasteiger partial charge >= 0.3 is 0 Å². The van der Waals surface area contributed by atoms with Crippen LogP contribution < -0.4 is 4.90 Å². The second kappa shape index (κ2) is 6.36. The summed E-state index contributed by atoms with van der Waals surface area (Å²) < 4.78 is 0. The minimum absolute atomic E-state index is 0.297. The summed E-state index contributed by atoms with van der Waals surface area (Å²) in [6.45, 7) is 0.518. The Hall–Kier alpha value is -3.37. The Labute approximate surface area is 163 Å². The molecule has 1 atom stereocenters. The van der Waals surface area contributed by atoms with E-state index in [1.807, 2.05) is 66.7 Å². The summed E-state index contributed by atoms with van der Waals surface area (Å²) in [6, 6.07) is 25.3. The molecule has 3 aromatic carbocycles. The molecule has 1 aliphatic heterocycles. The molecule has 0 saturated heterocycles. The molecule has 0 unspecified atom stereocenters. The van der Waals surface area contributed by atoms with E-state index in [2.05, 4.69) is 17.1 Å². The first-order chi connectivity index (χ1) is 13.7. The first kappa shape index (κ1) is 16.8. The van der Waals surface area contributed by atoms with Crippen LogP contribution in [-0.2, 0) is 16.8 Å². The average molecular weight is 368 g/mol. The molecule has 4 nitrogen and oxygen atoms in total. The van der Waals surface area contributed by atoms with Crippen LogP contribution in [0.4, 0.5) is 5.69 Å². The fourth-order valence-corrected chi connectivity index (χ4v) is 4.17. The van der Waals surface area contributed by atoms with Gasteiger partial charge in [0.05, 0.1) is 5.69 Å². The van der Waals surface area contributed by atoms with Gasteiger partial charge in [-0.15, -0.1) is 0 Å². The minimum Gasteiger partial charge on any atom is -0.372 e. The van der Waals surface area contributed by atoms with Crippen molar-refractivity contribution in [3.05, 3.63) is 102 Å². The van der Waals surface area contributed by atoms with E-state index in [0.29, 0.717) is 17.7 Å². The van der Waals surface area contributed by atoms with Gasteiger partial charge in [0.25, 0.3) is 5.91 Å². The molecule has 0 bridgehead atoms. The predicted molar refractivity (Wildman–Crippen MR) is 110 cm³/mol. The van der Waals surface area contributed by atoms with Crippen LogP contribution in [-0.4, -0.2) is 22.5 Å². The molecule has 4 aromatic rings. The van der Waals surface area contributed by atoms with Gasteiger partial charge in [-0.05, 0) is 24.1 Å². The van der Waals surface area contributed by atoms with E-state index in [4.69, 9.17) is 0 Å². The van der Waals surface area contributed by atoms with E-state index < -0.39 is 5.60 Å². The molecule has 2 N–H and O–H groups in total. The fraction of sp³-hybridized carbons (Fsp3) is 0.125. The van der Waals surface area contributed by atoms with Crippen LogP contribution in [0.2, 0.25) is 0 Å². The third kappa shape index (κ3) is 2.38.